The first kappa shape index (κ1) is 12.5. The fourth-order valence-corrected chi connectivity index (χ4v) is 2.19. The Labute approximate surface area is 101 Å². The van der Waals surface area contributed by atoms with Crippen LogP contribution in [0, 0.1) is 0 Å². The van der Waals surface area contributed by atoms with Crippen LogP contribution in [0.3, 0.4) is 0 Å². The molecule has 17 heavy (non-hydrogen) atoms. The Morgan fingerprint density at radius 3 is 2.59 bits per heavy atom. The van der Waals surface area contributed by atoms with Crippen molar-refractivity contribution in [2.24, 2.45) is 0 Å². The van der Waals surface area contributed by atoms with Gasteiger partial charge in [-0.15, -0.1) is 0 Å². The lowest BCUT2D eigenvalue weighted by Crippen LogP contribution is -2.28. The molecule has 0 radical (unpaired) electrons. The molecule has 94 valence electrons. The number of hydrogen-bond acceptors (Lipinski definition) is 1. The van der Waals surface area contributed by atoms with Gasteiger partial charge in [0.2, 0.25) is 0 Å². The second-order valence-corrected chi connectivity index (χ2v) is 4.67. The maximum atomic E-state index is 13.1. The van der Waals surface area contributed by atoms with Crippen LogP contribution in [-0.4, -0.2) is 13.0 Å². The van der Waals surface area contributed by atoms with Crippen LogP contribution in [0.5, 0.6) is 0 Å². The number of nitrogens with one attached hydrogen (secondary N) is 1. The lowest BCUT2D eigenvalue weighted by Gasteiger charge is -2.21. The highest BCUT2D eigenvalue weighted by molar-refractivity contribution is 5.35. The maximum Gasteiger partial charge on any atom is 0.257 e. The van der Waals surface area contributed by atoms with Gasteiger partial charge in [-0.25, -0.2) is 8.78 Å². The van der Waals surface area contributed by atoms with Crippen LogP contribution in [0.1, 0.15) is 49.3 Å². The number of rotatable bonds is 6. The average molecular weight is 239 g/mol. The Hall–Kier alpha value is -0.960. The summed E-state index contributed by atoms with van der Waals surface area (Å²) in [6.45, 7) is 2.62. The Balaban J connectivity index is 2.21. The molecule has 0 aromatic heterocycles. The van der Waals surface area contributed by atoms with Crippen LogP contribution >= 0.6 is 0 Å². The minimum Gasteiger partial charge on any atom is -0.305 e. The predicted molar refractivity (Wildman–Crippen MR) is 65.5 cm³/mol. The number of benzene rings is 1. The molecule has 1 aliphatic rings. The molecule has 1 aromatic carbocycles. The molecular weight excluding hydrogens is 220 g/mol. The van der Waals surface area contributed by atoms with Gasteiger partial charge in [0, 0.05) is 0 Å². The number of hydrogen-bond donors (Lipinski definition) is 1. The lowest BCUT2D eigenvalue weighted by molar-refractivity contribution is 0.0981. The Bertz CT molecular complexity index is 361. The molecule has 1 saturated carbocycles. The minimum absolute atomic E-state index is 0.510. The second-order valence-electron chi connectivity index (χ2n) is 4.67. The van der Waals surface area contributed by atoms with Crippen molar-refractivity contribution >= 4 is 0 Å². The average Bonchev–Trinajstić information content (AvgIpc) is 3.14. The zero-order chi connectivity index (χ0) is 12.3. The van der Waals surface area contributed by atoms with Gasteiger partial charge in [-0.2, -0.15) is 0 Å². The summed E-state index contributed by atoms with van der Waals surface area (Å²) in [6, 6.07) is 6.82. The third-order valence-corrected chi connectivity index (χ3v) is 3.21. The summed E-state index contributed by atoms with van der Waals surface area (Å²) in [6.07, 6.45) is 0.803. The first-order valence-electron chi connectivity index (χ1n) is 6.34. The monoisotopic (exact) mass is 239 g/mol. The van der Waals surface area contributed by atoms with Gasteiger partial charge in [0.1, 0.15) is 0 Å². The van der Waals surface area contributed by atoms with Crippen molar-refractivity contribution < 1.29 is 8.78 Å². The standard InChI is InChI=1S/C14H19F2N/c1-2-9-17-13(14(15)16)12-6-4-3-5-11(12)10-7-8-10/h3-6,10,13-14,17H,2,7-9H2,1H3. The SMILES string of the molecule is CCCNC(c1ccccc1C1CC1)C(F)F. The summed E-state index contributed by atoms with van der Waals surface area (Å²) in [4.78, 5) is 0. The van der Waals surface area contributed by atoms with E-state index in [9.17, 15) is 8.78 Å². The number of halogens is 2. The molecule has 1 N–H and O–H groups in total. The van der Waals surface area contributed by atoms with Crippen molar-refractivity contribution in [3.8, 4) is 0 Å². The van der Waals surface area contributed by atoms with Crippen LogP contribution in [0.25, 0.3) is 0 Å². The van der Waals surface area contributed by atoms with Crippen LogP contribution in [0.4, 0.5) is 8.78 Å². The van der Waals surface area contributed by atoms with Crippen molar-refractivity contribution in [2.75, 3.05) is 6.54 Å². The van der Waals surface area contributed by atoms with Crippen molar-refractivity contribution in [1.29, 1.82) is 0 Å². The van der Waals surface area contributed by atoms with Gasteiger partial charge < -0.3 is 5.32 Å². The van der Waals surface area contributed by atoms with Crippen molar-refractivity contribution in [1.82, 2.24) is 5.32 Å². The highest BCUT2D eigenvalue weighted by Gasteiger charge is 2.30. The smallest absolute Gasteiger partial charge is 0.257 e. The molecule has 0 bridgehead atoms. The molecule has 0 spiro atoms. The van der Waals surface area contributed by atoms with E-state index in [-0.39, 0.29) is 0 Å². The van der Waals surface area contributed by atoms with Crippen LogP contribution < -0.4 is 5.32 Å². The molecule has 0 aliphatic heterocycles. The minimum atomic E-state index is -2.35. The molecular formula is C14H19F2N. The molecule has 0 amide bonds. The highest BCUT2D eigenvalue weighted by atomic mass is 19.3. The van der Waals surface area contributed by atoms with E-state index in [0.717, 1.165) is 30.4 Å². The van der Waals surface area contributed by atoms with Gasteiger partial charge in [0.25, 0.3) is 6.43 Å². The first-order chi connectivity index (χ1) is 8.24. The van der Waals surface area contributed by atoms with Gasteiger partial charge >= 0.3 is 0 Å². The zero-order valence-corrected chi connectivity index (χ0v) is 10.1. The lowest BCUT2D eigenvalue weighted by atomic mass is 9.97. The first-order valence-corrected chi connectivity index (χ1v) is 6.34. The summed E-state index contributed by atoms with van der Waals surface area (Å²) in [5.41, 5.74) is 1.90. The molecule has 1 aromatic rings. The summed E-state index contributed by atoms with van der Waals surface area (Å²) in [5, 5.41) is 2.96. The fraction of sp³-hybridized carbons (Fsp3) is 0.571. The van der Waals surface area contributed by atoms with Gasteiger partial charge in [0.05, 0.1) is 6.04 Å². The van der Waals surface area contributed by atoms with Gasteiger partial charge in [-0.3, -0.25) is 0 Å². The van der Waals surface area contributed by atoms with E-state index in [2.05, 4.69) is 5.32 Å². The summed E-state index contributed by atoms with van der Waals surface area (Å²) < 4.78 is 26.2. The maximum absolute atomic E-state index is 13.1. The van der Waals surface area contributed by atoms with Crippen LogP contribution in [-0.2, 0) is 0 Å². The third kappa shape index (κ3) is 3.03. The molecule has 1 unspecified atom stereocenters. The summed E-state index contributed by atoms with van der Waals surface area (Å²) >= 11 is 0. The van der Waals surface area contributed by atoms with E-state index < -0.39 is 12.5 Å². The van der Waals surface area contributed by atoms with Crippen molar-refractivity contribution in [3.63, 3.8) is 0 Å². The van der Waals surface area contributed by atoms with Crippen molar-refractivity contribution in [2.45, 2.75) is 44.6 Å². The summed E-state index contributed by atoms with van der Waals surface area (Å²) in [7, 11) is 0. The van der Waals surface area contributed by atoms with Gasteiger partial charge in [0.15, 0.2) is 0 Å². The summed E-state index contributed by atoms with van der Waals surface area (Å²) in [5.74, 6) is 0.510. The van der Waals surface area contributed by atoms with E-state index in [1.165, 1.54) is 0 Å². The topological polar surface area (TPSA) is 12.0 Å². The van der Waals surface area contributed by atoms with Gasteiger partial charge in [-0.05, 0) is 42.9 Å². The predicted octanol–water partition coefficient (Wildman–Crippen LogP) is 3.87. The molecule has 1 nitrogen and oxygen atoms in total. The Morgan fingerprint density at radius 1 is 1.29 bits per heavy atom. The third-order valence-electron chi connectivity index (χ3n) is 3.21. The normalized spacial score (nSPS) is 17.4. The van der Waals surface area contributed by atoms with E-state index in [0.29, 0.717) is 12.5 Å². The molecule has 1 fully saturated rings. The Kier molecular flexibility index (Phi) is 4.11. The number of alkyl halides is 2. The van der Waals surface area contributed by atoms with Crippen LogP contribution in [0.15, 0.2) is 24.3 Å². The van der Waals surface area contributed by atoms with Gasteiger partial charge in [-0.1, -0.05) is 31.2 Å². The molecule has 3 heteroatoms. The molecule has 1 atom stereocenters. The quantitative estimate of drug-likeness (QED) is 0.794. The van der Waals surface area contributed by atoms with Crippen molar-refractivity contribution in [3.05, 3.63) is 35.4 Å². The molecule has 2 rings (SSSR count). The fourth-order valence-electron chi connectivity index (χ4n) is 2.19. The van der Waals surface area contributed by atoms with E-state index in [1.807, 2.05) is 31.2 Å². The second kappa shape index (κ2) is 5.58. The molecule has 0 saturated heterocycles. The van der Waals surface area contributed by atoms with Crippen LogP contribution in [0.2, 0.25) is 0 Å². The molecule has 1 aliphatic carbocycles. The largest absolute Gasteiger partial charge is 0.305 e. The molecule has 0 heterocycles. The highest BCUT2D eigenvalue weighted by Crippen LogP contribution is 2.43. The zero-order valence-electron chi connectivity index (χ0n) is 10.1. The van der Waals surface area contributed by atoms with E-state index in [1.54, 1.807) is 0 Å². The Morgan fingerprint density at radius 2 is 2.00 bits per heavy atom. The van der Waals surface area contributed by atoms with E-state index >= 15 is 0 Å². The van der Waals surface area contributed by atoms with E-state index in [4.69, 9.17) is 0 Å².